The second-order valence-corrected chi connectivity index (χ2v) is 7.84. The number of carbonyl (C=O) groups excluding carboxylic acids is 1. The van der Waals surface area contributed by atoms with Gasteiger partial charge >= 0.3 is 6.18 Å². The molecule has 29 heavy (non-hydrogen) atoms. The number of fused-ring (bicyclic) bond motifs is 1. The molecule has 1 unspecified atom stereocenters. The highest BCUT2D eigenvalue weighted by Gasteiger charge is 2.48. The summed E-state index contributed by atoms with van der Waals surface area (Å²) in [4.78, 5) is 16.9. The average molecular weight is 413 g/mol. The Balaban J connectivity index is 1.94. The lowest BCUT2D eigenvalue weighted by Crippen LogP contribution is -2.37. The molecular formula is C20H26F3N3O3. The van der Waals surface area contributed by atoms with Gasteiger partial charge in [-0.15, -0.1) is 0 Å². The Labute approximate surface area is 167 Å². The molecule has 2 N–H and O–H groups in total. The Hall–Kier alpha value is -2.29. The predicted molar refractivity (Wildman–Crippen MR) is 102 cm³/mol. The fraction of sp³-hybridized carbons (Fsp3) is 0.600. The van der Waals surface area contributed by atoms with Gasteiger partial charge in [0.1, 0.15) is 5.75 Å². The van der Waals surface area contributed by atoms with Gasteiger partial charge in [-0.3, -0.25) is 9.69 Å². The Bertz CT molecular complexity index is 774. The molecule has 6 nitrogen and oxygen atoms in total. The number of hydrogen-bond donors (Lipinski definition) is 1. The number of carbonyl (C=O) groups is 1. The number of aliphatic imine (C=N–C) groups is 1. The molecule has 1 atom stereocenters. The fourth-order valence-electron chi connectivity index (χ4n) is 4.39. The summed E-state index contributed by atoms with van der Waals surface area (Å²) >= 11 is 0. The molecule has 0 bridgehead atoms. The number of benzene rings is 1. The first-order valence-electron chi connectivity index (χ1n) is 9.54. The van der Waals surface area contributed by atoms with Crippen LogP contribution in [-0.4, -0.2) is 50.3 Å². The number of rotatable bonds is 5. The molecule has 1 fully saturated rings. The molecule has 9 heteroatoms. The molecule has 1 aromatic rings. The van der Waals surface area contributed by atoms with Crippen molar-refractivity contribution >= 4 is 12.4 Å². The van der Waals surface area contributed by atoms with Crippen molar-refractivity contribution in [2.45, 2.75) is 50.4 Å². The Morgan fingerprint density at radius 2 is 2.07 bits per heavy atom. The van der Waals surface area contributed by atoms with Crippen molar-refractivity contribution in [3.8, 4) is 5.75 Å². The lowest BCUT2D eigenvalue weighted by molar-refractivity contribution is -0.153. The predicted octanol–water partition coefficient (Wildman–Crippen LogP) is 3.20. The van der Waals surface area contributed by atoms with E-state index in [1.54, 1.807) is 25.3 Å². The van der Waals surface area contributed by atoms with E-state index in [4.69, 9.17) is 15.2 Å². The summed E-state index contributed by atoms with van der Waals surface area (Å²) in [6.45, 7) is -1.35. The molecule has 3 rings (SSSR count). The summed E-state index contributed by atoms with van der Waals surface area (Å²) in [6, 6.07) is 4.64. The van der Waals surface area contributed by atoms with Crippen LogP contribution in [0.3, 0.4) is 0 Å². The van der Waals surface area contributed by atoms with Crippen molar-refractivity contribution in [3.05, 3.63) is 29.3 Å². The van der Waals surface area contributed by atoms with Crippen molar-refractivity contribution < 1.29 is 27.4 Å². The van der Waals surface area contributed by atoms with E-state index >= 15 is 0 Å². The molecule has 1 amide bonds. The molecule has 0 radical (unpaired) electrons. The number of alkyl halides is 3. The minimum absolute atomic E-state index is 0.0766. The molecule has 2 aliphatic rings. The van der Waals surface area contributed by atoms with E-state index in [1.807, 2.05) is 0 Å². The standard InChI is InChI=1S/C20H26F3N3O3/c1-26(12-27)18(24)25-17-16-9-15(29-11-20(21,22)23)4-3-13(16)10-19(17)7-5-14(28-2)6-8-19/h3-4,9,12,14,17H,5-8,10-11H2,1-2H3,(H2,24,25). The number of halogens is 3. The van der Waals surface area contributed by atoms with Crippen LogP contribution in [-0.2, 0) is 16.0 Å². The molecule has 0 aromatic heterocycles. The van der Waals surface area contributed by atoms with Gasteiger partial charge in [0.2, 0.25) is 6.41 Å². The quantitative estimate of drug-likeness (QED) is 0.457. The molecule has 1 saturated carbocycles. The number of nitrogens with two attached hydrogens (primary N) is 1. The highest BCUT2D eigenvalue weighted by atomic mass is 19.4. The third-order valence-electron chi connectivity index (χ3n) is 5.98. The number of hydrogen-bond acceptors (Lipinski definition) is 4. The molecule has 2 aliphatic carbocycles. The molecule has 0 aliphatic heterocycles. The van der Waals surface area contributed by atoms with Crippen LogP contribution < -0.4 is 10.5 Å². The second-order valence-electron chi connectivity index (χ2n) is 7.84. The van der Waals surface area contributed by atoms with E-state index in [9.17, 15) is 18.0 Å². The van der Waals surface area contributed by atoms with Crippen molar-refractivity contribution in [1.82, 2.24) is 4.90 Å². The highest BCUT2D eigenvalue weighted by Crippen LogP contribution is 2.56. The van der Waals surface area contributed by atoms with Crippen LogP contribution in [0.4, 0.5) is 13.2 Å². The molecule has 1 spiro atoms. The SMILES string of the molecule is COC1CCC2(CC1)Cc1ccc(OCC(F)(F)F)cc1C2N=C(N)N(C)C=O. The number of methoxy groups -OCH3 is 1. The van der Waals surface area contributed by atoms with Gasteiger partial charge in [0, 0.05) is 19.6 Å². The third-order valence-corrected chi connectivity index (χ3v) is 5.98. The first-order valence-corrected chi connectivity index (χ1v) is 9.54. The summed E-state index contributed by atoms with van der Waals surface area (Å²) < 4.78 is 48.0. The maximum absolute atomic E-state index is 12.5. The molecule has 0 saturated heterocycles. The second kappa shape index (κ2) is 8.22. The van der Waals surface area contributed by atoms with E-state index in [-0.39, 0.29) is 29.3 Å². The summed E-state index contributed by atoms with van der Waals surface area (Å²) in [5.41, 5.74) is 7.63. The van der Waals surface area contributed by atoms with E-state index < -0.39 is 12.8 Å². The molecule has 160 valence electrons. The van der Waals surface area contributed by atoms with Gasteiger partial charge in [0.15, 0.2) is 12.6 Å². The van der Waals surface area contributed by atoms with Crippen molar-refractivity contribution in [2.75, 3.05) is 20.8 Å². The maximum atomic E-state index is 12.5. The number of amides is 1. The number of ether oxygens (including phenoxy) is 2. The van der Waals surface area contributed by atoms with Crippen LogP contribution >= 0.6 is 0 Å². The average Bonchev–Trinajstić information content (AvgIpc) is 2.98. The van der Waals surface area contributed by atoms with Crippen LogP contribution in [0.25, 0.3) is 0 Å². The normalized spacial score (nSPS) is 27.0. The van der Waals surface area contributed by atoms with Crippen LogP contribution in [0.1, 0.15) is 42.9 Å². The lowest BCUT2D eigenvalue weighted by Gasteiger charge is -2.40. The topological polar surface area (TPSA) is 77.2 Å². The highest BCUT2D eigenvalue weighted by molar-refractivity contribution is 5.87. The summed E-state index contributed by atoms with van der Waals surface area (Å²) in [6.07, 6.45) is 0.560. The van der Waals surface area contributed by atoms with Crippen LogP contribution in [0, 0.1) is 5.41 Å². The van der Waals surface area contributed by atoms with Gasteiger partial charge in [0.05, 0.1) is 12.1 Å². The number of nitrogens with zero attached hydrogens (tertiary/aromatic N) is 2. The van der Waals surface area contributed by atoms with Gasteiger partial charge in [-0.05, 0) is 55.4 Å². The van der Waals surface area contributed by atoms with Gasteiger partial charge in [-0.1, -0.05) is 6.07 Å². The molecular weight excluding hydrogens is 387 g/mol. The van der Waals surface area contributed by atoms with Crippen LogP contribution in [0.2, 0.25) is 0 Å². The van der Waals surface area contributed by atoms with Crippen LogP contribution in [0.15, 0.2) is 23.2 Å². The molecule has 0 heterocycles. The van der Waals surface area contributed by atoms with Crippen molar-refractivity contribution in [3.63, 3.8) is 0 Å². The van der Waals surface area contributed by atoms with E-state index in [2.05, 4.69) is 4.99 Å². The first kappa shape index (κ1) is 21.4. The number of guanidine groups is 1. The van der Waals surface area contributed by atoms with E-state index in [0.29, 0.717) is 6.41 Å². The summed E-state index contributed by atoms with van der Waals surface area (Å²) in [7, 11) is 3.21. The zero-order valence-corrected chi connectivity index (χ0v) is 16.5. The summed E-state index contributed by atoms with van der Waals surface area (Å²) in [5, 5.41) is 0. The minimum atomic E-state index is -4.41. The van der Waals surface area contributed by atoms with Gasteiger partial charge in [0.25, 0.3) is 0 Å². The molecule has 1 aromatic carbocycles. The zero-order chi connectivity index (χ0) is 21.2. The Kier molecular flexibility index (Phi) is 6.07. The lowest BCUT2D eigenvalue weighted by atomic mass is 9.68. The smallest absolute Gasteiger partial charge is 0.422 e. The van der Waals surface area contributed by atoms with E-state index in [1.165, 1.54) is 11.9 Å². The van der Waals surface area contributed by atoms with Gasteiger partial charge in [-0.2, -0.15) is 13.2 Å². The van der Waals surface area contributed by atoms with Gasteiger partial charge in [-0.25, -0.2) is 4.99 Å². The third kappa shape index (κ3) is 4.66. The maximum Gasteiger partial charge on any atom is 0.422 e. The fourth-order valence-corrected chi connectivity index (χ4v) is 4.39. The summed E-state index contributed by atoms with van der Waals surface area (Å²) in [5.74, 6) is 0.221. The monoisotopic (exact) mass is 413 g/mol. The van der Waals surface area contributed by atoms with E-state index in [0.717, 1.165) is 43.2 Å². The minimum Gasteiger partial charge on any atom is -0.484 e. The Morgan fingerprint density at radius 3 is 2.66 bits per heavy atom. The largest absolute Gasteiger partial charge is 0.484 e. The first-order chi connectivity index (χ1) is 13.7. The van der Waals surface area contributed by atoms with Crippen LogP contribution in [0.5, 0.6) is 5.75 Å². The van der Waals surface area contributed by atoms with Crippen molar-refractivity contribution in [2.24, 2.45) is 16.1 Å². The Morgan fingerprint density at radius 1 is 1.38 bits per heavy atom. The van der Waals surface area contributed by atoms with Crippen molar-refractivity contribution in [1.29, 1.82) is 0 Å². The van der Waals surface area contributed by atoms with Gasteiger partial charge < -0.3 is 15.2 Å². The zero-order valence-electron chi connectivity index (χ0n) is 16.5.